The van der Waals surface area contributed by atoms with Crippen LogP contribution in [-0.4, -0.2) is 52.5 Å². The van der Waals surface area contributed by atoms with E-state index in [0.29, 0.717) is 19.0 Å². The molecule has 36 heavy (non-hydrogen) atoms. The average molecular weight is 490 g/mol. The van der Waals surface area contributed by atoms with E-state index in [0.717, 1.165) is 85.2 Å². The number of aromatic nitrogens is 3. The van der Waals surface area contributed by atoms with E-state index < -0.39 is 0 Å². The van der Waals surface area contributed by atoms with E-state index in [2.05, 4.69) is 25.9 Å². The van der Waals surface area contributed by atoms with E-state index in [1.165, 1.54) is 0 Å². The predicted octanol–water partition coefficient (Wildman–Crippen LogP) is 4.61. The lowest BCUT2D eigenvalue weighted by molar-refractivity contribution is -0.148. The number of benzene rings is 1. The summed E-state index contributed by atoms with van der Waals surface area (Å²) in [6.07, 6.45) is 3.58. The van der Waals surface area contributed by atoms with Gasteiger partial charge in [-0.25, -0.2) is 15.0 Å². The van der Waals surface area contributed by atoms with Crippen molar-refractivity contribution in [1.29, 1.82) is 0 Å². The third-order valence-corrected chi connectivity index (χ3v) is 7.44. The maximum Gasteiger partial charge on any atom is 0.229 e. The van der Waals surface area contributed by atoms with Gasteiger partial charge in [-0.1, -0.05) is 18.2 Å². The van der Waals surface area contributed by atoms with Crippen molar-refractivity contribution >= 4 is 11.9 Å². The first-order valence-electron chi connectivity index (χ1n) is 12.8. The molecule has 2 aromatic heterocycles. The van der Waals surface area contributed by atoms with Crippen molar-refractivity contribution in [2.24, 2.45) is 5.41 Å². The number of nitrogens with zero attached hydrogens (tertiary/aromatic N) is 5. The molecule has 0 bridgehead atoms. The maximum atomic E-state index is 13.9. The van der Waals surface area contributed by atoms with Crippen molar-refractivity contribution in [3.05, 3.63) is 58.9 Å². The fourth-order valence-electron chi connectivity index (χ4n) is 5.70. The Balaban J connectivity index is 1.32. The Hall–Kier alpha value is -3.26. The second-order valence-electron chi connectivity index (χ2n) is 10.2. The van der Waals surface area contributed by atoms with E-state index in [9.17, 15) is 4.79 Å². The Bertz CT molecular complexity index is 1230. The van der Waals surface area contributed by atoms with Gasteiger partial charge in [0.1, 0.15) is 5.69 Å². The molecule has 0 radical (unpaired) electrons. The summed E-state index contributed by atoms with van der Waals surface area (Å²) < 4.78 is 11.3. The first-order chi connectivity index (χ1) is 17.4. The number of hydrogen-bond acceptors (Lipinski definition) is 7. The van der Waals surface area contributed by atoms with Crippen LogP contribution in [0, 0.1) is 26.2 Å². The Morgan fingerprint density at radius 2 is 1.75 bits per heavy atom. The van der Waals surface area contributed by atoms with Gasteiger partial charge in [-0.05, 0) is 57.2 Å². The molecule has 8 nitrogen and oxygen atoms in total. The number of carbonyl (C=O) groups excluding carboxylic acids is 1. The van der Waals surface area contributed by atoms with Crippen LogP contribution in [0.2, 0.25) is 0 Å². The van der Waals surface area contributed by atoms with Crippen LogP contribution in [0.25, 0.3) is 11.3 Å². The van der Waals surface area contributed by atoms with Crippen LogP contribution in [-0.2, 0) is 22.7 Å². The van der Waals surface area contributed by atoms with E-state index in [1.807, 2.05) is 49.9 Å². The van der Waals surface area contributed by atoms with Gasteiger partial charge in [0.05, 0.1) is 18.6 Å². The highest BCUT2D eigenvalue weighted by molar-refractivity contribution is 5.84. The SMILES string of the molecule is COCc1cccc(-c2oc(C)nc2CN2CCCC3(CCN(c4nc(C)cc(C)n4)CC3)C2=O)c1. The molecule has 1 amide bonds. The number of carbonyl (C=O) groups is 1. The highest BCUT2D eigenvalue weighted by atomic mass is 16.5. The van der Waals surface area contributed by atoms with Gasteiger partial charge in [0.25, 0.3) is 0 Å². The average Bonchev–Trinajstić information content (AvgIpc) is 3.22. The number of likely N-dealkylation sites (tertiary alicyclic amines) is 1. The third kappa shape index (κ3) is 4.87. The predicted molar refractivity (Wildman–Crippen MR) is 137 cm³/mol. The number of rotatable bonds is 6. The van der Waals surface area contributed by atoms with Crippen LogP contribution in [0.1, 0.15) is 54.2 Å². The van der Waals surface area contributed by atoms with Gasteiger partial charge in [0.15, 0.2) is 11.7 Å². The lowest BCUT2D eigenvalue weighted by Gasteiger charge is -2.46. The summed E-state index contributed by atoms with van der Waals surface area (Å²) >= 11 is 0. The number of oxazole rings is 1. The first-order valence-corrected chi connectivity index (χ1v) is 12.8. The molecule has 0 N–H and O–H groups in total. The topological polar surface area (TPSA) is 84.6 Å². The minimum Gasteiger partial charge on any atom is -0.441 e. The summed E-state index contributed by atoms with van der Waals surface area (Å²) in [5.41, 5.74) is 4.48. The molecule has 1 spiro atoms. The fraction of sp³-hybridized carbons (Fsp3) is 0.500. The minimum absolute atomic E-state index is 0.245. The molecule has 1 aromatic carbocycles. The number of hydrogen-bond donors (Lipinski definition) is 0. The minimum atomic E-state index is -0.315. The number of methoxy groups -OCH3 is 1. The van der Waals surface area contributed by atoms with Crippen LogP contribution in [0.15, 0.2) is 34.7 Å². The first kappa shape index (κ1) is 24.4. The molecular formula is C28H35N5O3. The van der Waals surface area contributed by atoms with Crippen molar-refractivity contribution in [2.75, 3.05) is 31.6 Å². The molecule has 190 valence electrons. The molecule has 0 atom stereocenters. The normalized spacial score (nSPS) is 17.7. The Labute approximate surface area is 212 Å². The molecule has 0 unspecified atom stereocenters. The number of piperidine rings is 2. The third-order valence-electron chi connectivity index (χ3n) is 7.44. The molecule has 2 saturated heterocycles. The van der Waals surface area contributed by atoms with Gasteiger partial charge >= 0.3 is 0 Å². The quantitative estimate of drug-likeness (QED) is 0.500. The summed E-state index contributed by atoms with van der Waals surface area (Å²) in [5.74, 6) is 2.37. The van der Waals surface area contributed by atoms with Gasteiger partial charge in [0.2, 0.25) is 11.9 Å². The molecule has 0 aliphatic carbocycles. The lowest BCUT2D eigenvalue weighted by atomic mass is 9.71. The number of aryl methyl sites for hydroxylation is 3. The zero-order valence-corrected chi connectivity index (χ0v) is 21.7. The van der Waals surface area contributed by atoms with Crippen molar-refractivity contribution in [2.45, 2.75) is 59.6 Å². The molecule has 0 saturated carbocycles. The summed E-state index contributed by atoms with van der Waals surface area (Å²) in [6, 6.07) is 10.1. The maximum absolute atomic E-state index is 13.9. The molecule has 5 rings (SSSR count). The zero-order valence-electron chi connectivity index (χ0n) is 21.7. The van der Waals surface area contributed by atoms with Gasteiger partial charge in [-0.15, -0.1) is 0 Å². The zero-order chi connectivity index (χ0) is 25.3. The van der Waals surface area contributed by atoms with Gasteiger partial charge < -0.3 is 19.0 Å². The number of anilines is 1. The largest absolute Gasteiger partial charge is 0.441 e. The van der Waals surface area contributed by atoms with Gasteiger partial charge in [-0.3, -0.25) is 4.79 Å². The highest BCUT2D eigenvalue weighted by Gasteiger charge is 2.46. The Morgan fingerprint density at radius 3 is 2.47 bits per heavy atom. The molecular weight excluding hydrogens is 454 g/mol. The monoisotopic (exact) mass is 489 g/mol. The van der Waals surface area contributed by atoms with Crippen LogP contribution in [0.5, 0.6) is 0 Å². The lowest BCUT2D eigenvalue weighted by Crippen LogP contribution is -2.53. The smallest absolute Gasteiger partial charge is 0.229 e. The van der Waals surface area contributed by atoms with Crippen molar-refractivity contribution < 1.29 is 13.9 Å². The summed E-state index contributed by atoms with van der Waals surface area (Å²) in [5, 5.41) is 0. The van der Waals surface area contributed by atoms with Crippen LogP contribution in [0.3, 0.4) is 0 Å². The molecule has 3 aromatic rings. The standard InChI is InChI=1S/C28H35N5O3/c1-19-15-20(2)30-27(29-19)32-13-10-28(11-14-32)9-6-12-33(26(28)34)17-24-25(36-21(3)31-24)23-8-5-7-22(16-23)18-35-4/h5,7-8,15-16H,6,9-14,17-18H2,1-4H3. The molecule has 8 heteroatoms. The summed E-state index contributed by atoms with van der Waals surface area (Å²) in [6.45, 7) is 9.20. The van der Waals surface area contributed by atoms with Gasteiger partial charge in [-0.2, -0.15) is 0 Å². The van der Waals surface area contributed by atoms with Crippen molar-refractivity contribution in [3.8, 4) is 11.3 Å². The molecule has 2 aliphatic rings. The Kier molecular flexibility index (Phi) is 6.79. The Morgan fingerprint density at radius 1 is 1.00 bits per heavy atom. The van der Waals surface area contributed by atoms with E-state index in [4.69, 9.17) is 9.15 Å². The number of amides is 1. The molecule has 4 heterocycles. The van der Waals surface area contributed by atoms with Crippen molar-refractivity contribution in [1.82, 2.24) is 19.9 Å². The molecule has 2 fully saturated rings. The van der Waals surface area contributed by atoms with E-state index in [-0.39, 0.29) is 11.3 Å². The second-order valence-corrected chi connectivity index (χ2v) is 10.2. The fourth-order valence-corrected chi connectivity index (χ4v) is 5.70. The van der Waals surface area contributed by atoms with Crippen LogP contribution in [0.4, 0.5) is 5.95 Å². The summed E-state index contributed by atoms with van der Waals surface area (Å²) in [7, 11) is 1.69. The van der Waals surface area contributed by atoms with E-state index in [1.54, 1.807) is 7.11 Å². The van der Waals surface area contributed by atoms with E-state index >= 15 is 0 Å². The molecule has 2 aliphatic heterocycles. The van der Waals surface area contributed by atoms with Crippen molar-refractivity contribution in [3.63, 3.8) is 0 Å². The van der Waals surface area contributed by atoms with Crippen LogP contribution >= 0.6 is 0 Å². The highest BCUT2D eigenvalue weighted by Crippen LogP contribution is 2.42. The second kappa shape index (κ2) is 10.0. The van der Waals surface area contributed by atoms with Crippen LogP contribution < -0.4 is 4.90 Å². The number of ether oxygens (including phenoxy) is 1. The van der Waals surface area contributed by atoms with Gasteiger partial charge in [0, 0.05) is 50.6 Å². The summed E-state index contributed by atoms with van der Waals surface area (Å²) in [4.78, 5) is 32.0.